The molecule has 8 heteroatoms. The highest BCUT2D eigenvalue weighted by Gasteiger charge is 2.51. The summed E-state index contributed by atoms with van der Waals surface area (Å²) in [6.45, 7) is 3.89. The van der Waals surface area contributed by atoms with E-state index in [1.807, 2.05) is 0 Å². The minimum Gasteiger partial charge on any atom is -0.372 e. The molecule has 0 spiro atoms. The second-order valence-corrected chi connectivity index (χ2v) is 5.54. The third-order valence-corrected chi connectivity index (χ3v) is 4.45. The lowest BCUT2D eigenvalue weighted by atomic mass is 10.1. The van der Waals surface area contributed by atoms with Gasteiger partial charge in [-0.1, -0.05) is 6.08 Å². The van der Waals surface area contributed by atoms with Crippen LogP contribution in [0.15, 0.2) is 12.7 Å². The monoisotopic (exact) mass is 263 g/mol. The van der Waals surface area contributed by atoms with Gasteiger partial charge >= 0.3 is 0 Å². The Balaban J connectivity index is 1.99. The molecule has 2 aliphatic rings. The zero-order chi connectivity index (χ0) is 12.4. The lowest BCUT2D eigenvalue weighted by Gasteiger charge is -2.14. The summed E-state index contributed by atoms with van der Waals surface area (Å²) in [5.41, 5.74) is 0. The fourth-order valence-corrected chi connectivity index (χ4v) is 3.34. The average Bonchev–Trinajstić information content (AvgIpc) is 2.80. The number of hydrogen-bond acceptors (Lipinski definition) is 6. The molecular weight excluding hydrogens is 250 g/mol. The lowest BCUT2D eigenvalue weighted by molar-refractivity contribution is -0.769. The first-order valence-corrected chi connectivity index (χ1v) is 6.54. The van der Waals surface area contributed by atoms with Gasteiger partial charge in [-0.15, -0.1) is 16.7 Å². The molecule has 7 nitrogen and oxygen atoms in total. The Morgan fingerprint density at radius 1 is 1.47 bits per heavy atom. The quantitative estimate of drug-likeness (QED) is 0.383. The molecule has 0 saturated carbocycles. The van der Waals surface area contributed by atoms with E-state index >= 15 is 0 Å². The first kappa shape index (κ1) is 12.5. The third-order valence-electron chi connectivity index (χ3n) is 2.80. The highest BCUT2D eigenvalue weighted by Crippen LogP contribution is 2.31. The van der Waals surface area contributed by atoms with E-state index in [-0.39, 0.29) is 24.6 Å². The summed E-state index contributed by atoms with van der Waals surface area (Å²) in [5.74, 6) is 0.362. The summed E-state index contributed by atoms with van der Waals surface area (Å²) in [6.07, 6.45) is -0.0377. The van der Waals surface area contributed by atoms with Gasteiger partial charge in [0.1, 0.15) is 12.2 Å². The highest BCUT2D eigenvalue weighted by molar-refractivity contribution is 7.85. The van der Waals surface area contributed by atoms with Crippen molar-refractivity contribution in [1.82, 2.24) is 0 Å². The van der Waals surface area contributed by atoms with Crippen molar-refractivity contribution in [2.75, 3.05) is 19.0 Å². The summed E-state index contributed by atoms with van der Waals surface area (Å²) >= 11 is 0. The molecule has 3 unspecified atom stereocenters. The average molecular weight is 263 g/mol. The van der Waals surface area contributed by atoms with Crippen LogP contribution in [0.3, 0.4) is 0 Å². The summed E-state index contributed by atoms with van der Waals surface area (Å²) in [7, 11) is -1.13. The molecule has 2 heterocycles. The second kappa shape index (κ2) is 5.11. The molecule has 0 aliphatic carbocycles. The molecule has 0 bridgehead atoms. The summed E-state index contributed by atoms with van der Waals surface area (Å²) in [6, 6.07) is 0. The Kier molecular flexibility index (Phi) is 3.75. The SMILES string of the molecule is C=CCS(=O)[C@H]1COC2C1OC[C@H]2O[N+](=O)[O-]. The summed E-state index contributed by atoms with van der Waals surface area (Å²) in [4.78, 5) is 14.7. The Morgan fingerprint density at radius 2 is 2.18 bits per heavy atom. The van der Waals surface area contributed by atoms with E-state index in [0.29, 0.717) is 5.75 Å². The van der Waals surface area contributed by atoms with Crippen LogP contribution in [0.2, 0.25) is 0 Å². The Hall–Kier alpha value is -0.990. The maximum absolute atomic E-state index is 11.8. The van der Waals surface area contributed by atoms with Gasteiger partial charge in [0.15, 0.2) is 6.10 Å². The zero-order valence-corrected chi connectivity index (χ0v) is 9.84. The van der Waals surface area contributed by atoms with E-state index in [2.05, 4.69) is 11.4 Å². The maximum Gasteiger partial charge on any atom is 0.294 e. The molecule has 17 heavy (non-hydrogen) atoms. The maximum atomic E-state index is 11.8. The van der Waals surface area contributed by atoms with Gasteiger partial charge in [0, 0.05) is 16.6 Å². The van der Waals surface area contributed by atoms with Crippen molar-refractivity contribution >= 4 is 10.8 Å². The van der Waals surface area contributed by atoms with E-state index in [1.165, 1.54) is 0 Å². The predicted octanol–water partition coefficient (Wildman–Crippen LogP) is -0.336. The van der Waals surface area contributed by atoms with Crippen LogP contribution in [0, 0.1) is 10.1 Å². The standard InChI is InChI=1S/C9H13NO6S/c1-2-3-17(13)7-5-15-8-6(16-10(11)12)4-14-9(7)8/h2,6-9H,1,3-5H2/t6-,7+,8?,9?,17?/m1/s1. The molecule has 0 amide bonds. The minimum absolute atomic E-state index is 0.0953. The van der Waals surface area contributed by atoms with Crippen LogP contribution < -0.4 is 0 Å². The molecule has 0 aromatic heterocycles. The first-order valence-electron chi connectivity index (χ1n) is 5.16. The number of ether oxygens (including phenoxy) is 2. The van der Waals surface area contributed by atoms with Crippen LogP contribution in [-0.2, 0) is 25.1 Å². The molecule has 0 radical (unpaired) electrons. The topological polar surface area (TPSA) is 87.9 Å². The summed E-state index contributed by atoms with van der Waals surface area (Å²) in [5, 5.41) is 9.14. The summed E-state index contributed by atoms with van der Waals surface area (Å²) < 4.78 is 22.6. The normalized spacial score (nSPS) is 37.4. The number of rotatable bonds is 5. The molecule has 0 N–H and O–H groups in total. The van der Waals surface area contributed by atoms with Crippen molar-refractivity contribution in [2.45, 2.75) is 23.6 Å². The van der Waals surface area contributed by atoms with Gasteiger partial charge in [-0.3, -0.25) is 4.21 Å². The molecule has 2 saturated heterocycles. The fourth-order valence-electron chi connectivity index (χ4n) is 2.10. The van der Waals surface area contributed by atoms with Gasteiger partial charge < -0.3 is 14.3 Å². The van der Waals surface area contributed by atoms with Crippen LogP contribution >= 0.6 is 0 Å². The molecule has 0 aromatic rings. The van der Waals surface area contributed by atoms with Crippen LogP contribution in [0.25, 0.3) is 0 Å². The molecule has 2 fully saturated rings. The van der Waals surface area contributed by atoms with E-state index in [1.54, 1.807) is 6.08 Å². The van der Waals surface area contributed by atoms with Crippen molar-refractivity contribution < 1.29 is 23.6 Å². The van der Waals surface area contributed by atoms with Crippen molar-refractivity contribution in [2.24, 2.45) is 0 Å². The Labute approximate surface area is 100 Å². The highest BCUT2D eigenvalue weighted by atomic mass is 32.2. The van der Waals surface area contributed by atoms with Crippen molar-refractivity contribution in [3.05, 3.63) is 22.8 Å². The fraction of sp³-hybridized carbons (Fsp3) is 0.778. The van der Waals surface area contributed by atoms with Crippen LogP contribution in [-0.4, -0.2) is 51.8 Å². The number of hydrogen-bond donors (Lipinski definition) is 0. The number of fused-ring (bicyclic) bond motifs is 1. The molecule has 2 aliphatic heterocycles. The zero-order valence-electron chi connectivity index (χ0n) is 9.02. The van der Waals surface area contributed by atoms with Gasteiger partial charge in [-0.05, 0) is 0 Å². The Morgan fingerprint density at radius 3 is 2.82 bits per heavy atom. The molecule has 0 aromatic carbocycles. The van der Waals surface area contributed by atoms with E-state index in [9.17, 15) is 14.3 Å². The predicted molar refractivity (Wildman–Crippen MR) is 58.3 cm³/mol. The van der Waals surface area contributed by atoms with Crippen LogP contribution in [0.4, 0.5) is 0 Å². The van der Waals surface area contributed by atoms with Gasteiger partial charge in [0.2, 0.25) is 0 Å². The molecule has 5 atom stereocenters. The molecular formula is C9H13NO6S. The minimum atomic E-state index is -1.13. The largest absolute Gasteiger partial charge is 0.372 e. The lowest BCUT2D eigenvalue weighted by Crippen LogP contribution is -2.36. The van der Waals surface area contributed by atoms with Crippen LogP contribution in [0.5, 0.6) is 0 Å². The van der Waals surface area contributed by atoms with Gasteiger partial charge in [-0.2, -0.15) is 0 Å². The molecule has 2 rings (SSSR count). The van der Waals surface area contributed by atoms with E-state index in [0.717, 1.165) is 0 Å². The number of nitrogens with zero attached hydrogens (tertiary/aromatic N) is 1. The van der Waals surface area contributed by atoms with Gasteiger partial charge in [-0.25, -0.2) is 0 Å². The van der Waals surface area contributed by atoms with Crippen molar-refractivity contribution in [3.63, 3.8) is 0 Å². The van der Waals surface area contributed by atoms with E-state index in [4.69, 9.17) is 9.47 Å². The van der Waals surface area contributed by atoms with Crippen molar-refractivity contribution in [3.8, 4) is 0 Å². The Bertz CT molecular complexity index is 348. The van der Waals surface area contributed by atoms with Crippen molar-refractivity contribution in [1.29, 1.82) is 0 Å². The molecule has 96 valence electrons. The second-order valence-electron chi connectivity index (χ2n) is 3.84. The van der Waals surface area contributed by atoms with E-state index < -0.39 is 28.1 Å². The third kappa shape index (κ3) is 2.48. The van der Waals surface area contributed by atoms with Crippen LogP contribution in [0.1, 0.15) is 0 Å². The van der Waals surface area contributed by atoms with Gasteiger partial charge in [0.25, 0.3) is 5.09 Å². The smallest absolute Gasteiger partial charge is 0.294 e. The first-order chi connectivity index (χ1) is 8.13. The van der Waals surface area contributed by atoms with Gasteiger partial charge in [0.05, 0.1) is 18.5 Å².